The van der Waals surface area contributed by atoms with Crippen molar-refractivity contribution in [3.05, 3.63) is 98.7 Å². The average molecular weight is 748 g/mol. The van der Waals surface area contributed by atoms with E-state index < -0.39 is 17.4 Å². The first kappa shape index (κ1) is 37.0. The number of hydrogen-bond donors (Lipinski definition) is 5. The summed E-state index contributed by atoms with van der Waals surface area (Å²) in [6.07, 6.45) is 4.01. The Hall–Kier alpha value is -4.75. The Morgan fingerprint density at radius 1 is 1.02 bits per heavy atom. The highest BCUT2D eigenvalue weighted by Gasteiger charge is 2.30. The van der Waals surface area contributed by atoms with Crippen molar-refractivity contribution in [3.8, 4) is 22.9 Å². The number of halogens is 2. The predicted molar refractivity (Wildman–Crippen MR) is 198 cm³/mol. The molecule has 0 unspecified atom stereocenters. The summed E-state index contributed by atoms with van der Waals surface area (Å²) in [4.78, 5) is 45.2. The van der Waals surface area contributed by atoms with E-state index in [1.54, 1.807) is 57.5 Å². The van der Waals surface area contributed by atoms with Crippen LogP contribution in [0.15, 0.2) is 60.8 Å². The van der Waals surface area contributed by atoms with E-state index in [9.17, 15) is 19.5 Å². The van der Waals surface area contributed by atoms with Gasteiger partial charge in [0, 0.05) is 49.4 Å². The third-order valence-electron chi connectivity index (χ3n) is 9.31. The van der Waals surface area contributed by atoms with Crippen LogP contribution in [0.2, 0.25) is 10.0 Å². The second-order valence-corrected chi connectivity index (χ2v) is 14.1. The lowest BCUT2D eigenvalue weighted by Crippen LogP contribution is -2.46. The number of nitrogens with one attached hydrogen (secondary N) is 4. The number of benzene rings is 2. The summed E-state index contributed by atoms with van der Waals surface area (Å²) < 4.78 is 12.0. The van der Waals surface area contributed by atoms with Crippen LogP contribution < -0.4 is 30.7 Å². The summed E-state index contributed by atoms with van der Waals surface area (Å²) in [7, 11) is 1.55. The Morgan fingerprint density at radius 3 is 2.52 bits per heavy atom. The van der Waals surface area contributed by atoms with Crippen molar-refractivity contribution in [2.75, 3.05) is 19.0 Å². The number of aliphatic carboxylic acids is 1. The summed E-state index contributed by atoms with van der Waals surface area (Å²) in [5, 5.41) is 22.1. The summed E-state index contributed by atoms with van der Waals surface area (Å²) in [5.41, 5.74) is 4.41. The molecule has 0 radical (unpaired) electrons. The largest absolute Gasteiger partial charge is 0.481 e. The number of anilines is 1. The van der Waals surface area contributed by atoms with E-state index in [2.05, 4.69) is 31.2 Å². The highest BCUT2D eigenvalue weighted by atomic mass is 35.5. The maximum absolute atomic E-state index is 13.4. The molecule has 2 aromatic carbocycles. The van der Waals surface area contributed by atoms with Crippen molar-refractivity contribution in [2.45, 2.75) is 70.3 Å². The fraction of sp³-hybridized carbons (Fsp3) is 0.342. The van der Waals surface area contributed by atoms with Crippen molar-refractivity contribution < 1.29 is 29.0 Å². The lowest BCUT2D eigenvalue weighted by atomic mass is 9.95. The maximum atomic E-state index is 13.4. The molecule has 2 amide bonds. The highest BCUT2D eigenvalue weighted by Crippen LogP contribution is 2.43. The van der Waals surface area contributed by atoms with Gasteiger partial charge in [0.1, 0.15) is 22.5 Å². The minimum Gasteiger partial charge on any atom is -0.481 e. The summed E-state index contributed by atoms with van der Waals surface area (Å²) in [5.74, 6) is -0.291. The Kier molecular flexibility index (Phi) is 11.3. The Morgan fingerprint density at radius 2 is 1.81 bits per heavy atom. The quantitative estimate of drug-likeness (QED) is 0.102. The minimum atomic E-state index is -1.09. The number of pyridine rings is 2. The van der Waals surface area contributed by atoms with E-state index in [-0.39, 0.29) is 23.9 Å². The number of ether oxygens (including phenoxy) is 2. The molecule has 0 spiro atoms. The molecular formula is C38H40Cl2N6O6. The first-order chi connectivity index (χ1) is 24.9. The van der Waals surface area contributed by atoms with E-state index in [0.29, 0.717) is 71.8 Å². The van der Waals surface area contributed by atoms with Crippen molar-refractivity contribution in [3.63, 3.8) is 0 Å². The number of aromatic nitrogens is 2. The van der Waals surface area contributed by atoms with Crippen LogP contribution in [0.5, 0.6) is 11.8 Å². The van der Waals surface area contributed by atoms with Crippen LogP contribution in [0.4, 0.5) is 5.82 Å². The molecule has 4 aromatic rings. The molecule has 3 heterocycles. The number of rotatable bonds is 14. The molecule has 6 rings (SSSR count). The number of hydrogen-bond acceptors (Lipinski definition) is 9. The molecule has 0 bridgehead atoms. The van der Waals surface area contributed by atoms with E-state index in [0.717, 1.165) is 34.2 Å². The van der Waals surface area contributed by atoms with Gasteiger partial charge in [-0.05, 0) is 73.6 Å². The molecular weight excluding hydrogens is 707 g/mol. The molecule has 272 valence electrons. The third-order valence-corrected chi connectivity index (χ3v) is 9.98. The zero-order valence-corrected chi connectivity index (χ0v) is 30.5. The Balaban J connectivity index is 1.14. The highest BCUT2D eigenvalue weighted by molar-refractivity contribution is 6.37. The van der Waals surface area contributed by atoms with Gasteiger partial charge < -0.3 is 30.5 Å². The van der Waals surface area contributed by atoms with E-state index in [4.69, 9.17) is 32.7 Å². The summed E-state index contributed by atoms with van der Waals surface area (Å²) in [6.45, 7) is 4.56. The van der Waals surface area contributed by atoms with Gasteiger partial charge in [-0.15, -0.1) is 0 Å². The van der Waals surface area contributed by atoms with Gasteiger partial charge in [0.25, 0.3) is 5.91 Å². The molecule has 1 fully saturated rings. The lowest BCUT2D eigenvalue weighted by molar-refractivity contribution is -0.143. The molecule has 0 saturated carbocycles. The van der Waals surface area contributed by atoms with E-state index in [1.165, 1.54) is 0 Å². The summed E-state index contributed by atoms with van der Waals surface area (Å²) >= 11 is 13.6. The number of carboxylic acid groups (broad SMARTS) is 1. The fourth-order valence-corrected chi connectivity index (χ4v) is 6.85. The fourth-order valence-electron chi connectivity index (χ4n) is 6.32. The van der Waals surface area contributed by atoms with Crippen LogP contribution in [0, 0.1) is 0 Å². The van der Waals surface area contributed by atoms with Crippen LogP contribution >= 0.6 is 23.2 Å². The molecule has 1 aliphatic heterocycles. The number of carboxylic acids is 1. The third kappa shape index (κ3) is 8.31. The molecule has 52 heavy (non-hydrogen) atoms. The van der Waals surface area contributed by atoms with E-state index in [1.807, 2.05) is 24.3 Å². The van der Waals surface area contributed by atoms with Gasteiger partial charge in [-0.2, -0.15) is 4.98 Å². The van der Waals surface area contributed by atoms with Crippen LogP contribution in [-0.2, 0) is 29.1 Å². The van der Waals surface area contributed by atoms with Crippen molar-refractivity contribution in [1.29, 1.82) is 0 Å². The minimum absolute atomic E-state index is 0.0729. The molecule has 2 aromatic heterocycles. The van der Waals surface area contributed by atoms with Gasteiger partial charge in [0.05, 0.1) is 17.7 Å². The zero-order valence-electron chi connectivity index (χ0n) is 29.0. The molecule has 12 nitrogen and oxygen atoms in total. The molecule has 5 N–H and O–H groups in total. The van der Waals surface area contributed by atoms with Gasteiger partial charge in [-0.25, -0.2) is 4.98 Å². The van der Waals surface area contributed by atoms with Crippen LogP contribution in [0.1, 0.15) is 71.8 Å². The predicted octanol–water partition coefficient (Wildman–Crippen LogP) is 6.10. The van der Waals surface area contributed by atoms with Gasteiger partial charge in [-0.3, -0.25) is 19.7 Å². The van der Waals surface area contributed by atoms with Crippen LogP contribution in [0.25, 0.3) is 11.1 Å². The van der Waals surface area contributed by atoms with Crippen LogP contribution in [0.3, 0.4) is 0 Å². The lowest BCUT2D eigenvalue weighted by Gasteiger charge is -2.20. The van der Waals surface area contributed by atoms with Crippen molar-refractivity contribution in [2.24, 2.45) is 0 Å². The number of fused-ring (bicyclic) bond motifs is 1. The monoisotopic (exact) mass is 746 g/mol. The van der Waals surface area contributed by atoms with E-state index >= 15 is 0 Å². The molecule has 1 aliphatic carbocycles. The number of methoxy groups -OCH3 is 1. The van der Waals surface area contributed by atoms with Gasteiger partial charge in [-0.1, -0.05) is 59.6 Å². The first-order valence-electron chi connectivity index (χ1n) is 17.0. The second kappa shape index (κ2) is 15.9. The SMILES string of the molecule is COc1nc(O[C@H]2CCc3c(-c4cccc(C(=O)Nc5ccc(CNC(C)(C)C(=O)O)cn5)c4Cl)cccc32)c(Cl)cc1CNC[C@@H]1CCC(=O)N1. The van der Waals surface area contributed by atoms with Crippen molar-refractivity contribution in [1.82, 2.24) is 25.9 Å². The Bertz CT molecular complexity index is 1990. The van der Waals surface area contributed by atoms with Gasteiger partial charge in [0.15, 0.2) is 0 Å². The standard InChI is InChI=1S/C38H40Cl2N6O6/c1-38(2,37(49)50)43-18-21-10-14-31(42-17-21)45-34(48)28-9-5-8-27(33(28)40)24-6-4-7-26-25(24)12-13-30(26)52-36-29(39)16-22(35(46-36)51-3)19-41-20-23-11-15-32(47)44-23/h4-10,14,16-17,23,30,41,43H,11-13,15,18-20H2,1-3H3,(H,44,47)(H,49,50)(H,42,45,48)/t23-,30-/m0/s1. The zero-order chi connectivity index (χ0) is 37.0. The Labute approximate surface area is 311 Å². The molecule has 2 aliphatic rings. The maximum Gasteiger partial charge on any atom is 0.323 e. The first-order valence-corrected chi connectivity index (χ1v) is 17.7. The smallest absolute Gasteiger partial charge is 0.323 e. The molecule has 14 heteroatoms. The van der Waals surface area contributed by atoms with Crippen LogP contribution in [-0.4, -0.2) is 58.1 Å². The number of nitrogens with zero attached hydrogens (tertiary/aromatic N) is 2. The number of carbonyl (C=O) groups is 3. The normalized spacial score (nSPS) is 16.7. The van der Waals surface area contributed by atoms with Crippen molar-refractivity contribution >= 4 is 46.8 Å². The van der Waals surface area contributed by atoms with Gasteiger partial charge >= 0.3 is 5.97 Å². The summed E-state index contributed by atoms with van der Waals surface area (Å²) in [6, 6.07) is 16.6. The topological polar surface area (TPSA) is 164 Å². The molecule has 2 atom stereocenters. The molecule has 1 saturated heterocycles. The van der Waals surface area contributed by atoms with Gasteiger partial charge in [0.2, 0.25) is 17.7 Å². The second-order valence-electron chi connectivity index (χ2n) is 13.4. The number of carbonyl (C=O) groups excluding carboxylic acids is 2. The number of amides is 2. The average Bonchev–Trinajstić information content (AvgIpc) is 3.74.